The molecule has 0 radical (unpaired) electrons. The van der Waals surface area contributed by atoms with Crippen molar-refractivity contribution in [1.29, 1.82) is 0 Å². The molecule has 1 aliphatic carbocycles. The van der Waals surface area contributed by atoms with Crippen LogP contribution >= 0.6 is 0 Å². The van der Waals surface area contributed by atoms with E-state index in [0.29, 0.717) is 12.5 Å². The lowest BCUT2D eigenvalue weighted by atomic mass is 9.82. The van der Waals surface area contributed by atoms with Gasteiger partial charge in [-0.2, -0.15) is 0 Å². The van der Waals surface area contributed by atoms with E-state index >= 15 is 0 Å². The minimum Gasteiger partial charge on any atom is -0.490 e. The fraction of sp³-hybridized carbons (Fsp3) is 0.625. The van der Waals surface area contributed by atoms with Gasteiger partial charge < -0.3 is 9.84 Å². The summed E-state index contributed by atoms with van der Waals surface area (Å²) in [5.74, 6) is 2.46. The van der Waals surface area contributed by atoms with Crippen molar-refractivity contribution >= 4 is 0 Å². The summed E-state index contributed by atoms with van der Waals surface area (Å²) in [6, 6.07) is 8.08. The van der Waals surface area contributed by atoms with E-state index in [2.05, 4.69) is 13.8 Å². The predicted molar refractivity (Wildman–Crippen MR) is 73.8 cm³/mol. The zero-order valence-electron chi connectivity index (χ0n) is 11.4. The number of aliphatic hydroxyl groups is 1. The Morgan fingerprint density at radius 1 is 1.11 bits per heavy atom. The average molecular weight is 248 g/mol. The Bertz CT molecular complexity index is 365. The van der Waals surface area contributed by atoms with Crippen LogP contribution in [0, 0.1) is 11.8 Å². The molecule has 2 heteroatoms. The highest BCUT2D eigenvalue weighted by Gasteiger charge is 2.25. The highest BCUT2D eigenvalue weighted by atomic mass is 16.5. The van der Waals surface area contributed by atoms with Gasteiger partial charge in [0.2, 0.25) is 0 Å². The summed E-state index contributed by atoms with van der Waals surface area (Å²) in [5.41, 5.74) is 1.12. The summed E-state index contributed by atoms with van der Waals surface area (Å²) < 4.78 is 6.17. The van der Waals surface area contributed by atoms with Gasteiger partial charge in [-0.05, 0) is 49.1 Å². The molecule has 0 saturated heterocycles. The number of hydrogen-bond donors (Lipinski definition) is 1. The number of rotatable bonds is 4. The van der Waals surface area contributed by atoms with Crippen molar-refractivity contribution in [3.63, 3.8) is 0 Å². The minimum atomic E-state index is 0.178. The number of ether oxygens (including phenoxy) is 1. The van der Waals surface area contributed by atoms with Crippen LogP contribution in [-0.4, -0.2) is 17.8 Å². The SMILES string of the molecule is CC1CC(C)CC(Oc2ccccc2CCO)C1. The van der Waals surface area contributed by atoms with Gasteiger partial charge in [0.05, 0.1) is 6.10 Å². The molecule has 0 amide bonds. The third kappa shape index (κ3) is 3.49. The molecule has 0 spiro atoms. The minimum absolute atomic E-state index is 0.178. The molecular weight excluding hydrogens is 224 g/mol. The van der Waals surface area contributed by atoms with Crippen molar-refractivity contribution in [2.45, 2.75) is 45.6 Å². The Kier molecular flexibility index (Phi) is 4.65. The molecule has 2 unspecified atom stereocenters. The number of aliphatic hydroxyl groups excluding tert-OH is 1. The Balaban J connectivity index is 2.04. The van der Waals surface area contributed by atoms with E-state index in [1.165, 1.54) is 6.42 Å². The predicted octanol–water partition coefficient (Wildman–Crippen LogP) is 3.42. The lowest BCUT2D eigenvalue weighted by Crippen LogP contribution is -2.28. The second-order valence-electron chi connectivity index (χ2n) is 5.74. The zero-order chi connectivity index (χ0) is 13.0. The van der Waals surface area contributed by atoms with Crippen LogP contribution < -0.4 is 4.74 Å². The van der Waals surface area contributed by atoms with Crippen LogP contribution in [0.15, 0.2) is 24.3 Å². The Labute approximate surface area is 110 Å². The van der Waals surface area contributed by atoms with Gasteiger partial charge in [-0.3, -0.25) is 0 Å². The Hall–Kier alpha value is -1.02. The standard InChI is InChI=1S/C16H24O2/c1-12-9-13(2)11-15(10-12)18-16-6-4-3-5-14(16)7-8-17/h3-6,12-13,15,17H,7-11H2,1-2H3. The van der Waals surface area contributed by atoms with Gasteiger partial charge in [0.1, 0.15) is 5.75 Å². The second-order valence-corrected chi connectivity index (χ2v) is 5.74. The fourth-order valence-corrected chi connectivity index (χ4v) is 3.09. The fourth-order valence-electron chi connectivity index (χ4n) is 3.09. The summed E-state index contributed by atoms with van der Waals surface area (Å²) in [4.78, 5) is 0. The summed E-state index contributed by atoms with van der Waals surface area (Å²) >= 11 is 0. The largest absolute Gasteiger partial charge is 0.490 e. The quantitative estimate of drug-likeness (QED) is 0.884. The van der Waals surface area contributed by atoms with Gasteiger partial charge in [0, 0.05) is 6.61 Å². The molecule has 2 rings (SSSR count). The maximum atomic E-state index is 9.08. The molecule has 1 aliphatic rings. The van der Waals surface area contributed by atoms with E-state index in [9.17, 15) is 0 Å². The number of para-hydroxylation sites is 1. The molecule has 18 heavy (non-hydrogen) atoms. The maximum Gasteiger partial charge on any atom is 0.122 e. The van der Waals surface area contributed by atoms with Gasteiger partial charge >= 0.3 is 0 Å². The van der Waals surface area contributed by atoms with E-state index in [4.69, 9.17) is 9.84 Å². The smallest absolute Gasteiger partial charge is 0.122 e. The van der Waals surface area contributed by atoms with E-state index in [1.807, 2.05) is 24.3 Å². The van der Waals surface area contributed by atoms with Crippen LogP contribution in [0.4, 0.5) is 0 Å². The molecule has 100 valence electrons. The molecule has 1 saturated carbocycles. The highest BCUT2D eigenvalue weighted by molar-refractivity contribution is 5.33. The van der Waals surface area contributed by atoms with Crippen molar-refractivity contribution in [3.05, 3.63) is 29.8 Å². The molecule has 0 bridgehead atoms. The van der Waals surface area contributed by atoms with E-state index in [1.54, 1.807) is 0 Å². The average Bonchev–Trinajstić information content (AvgIpc) is 2.30. The number of hydrogen-bond acceptors (Lipinski definition) is 2. The van der Waals surface area contributed by atoms with Crippen LogP contribution in [0.1, 0.15) is 38.7 Å². The summed E-state index contributed by atoms with van der Waals surface area (Å²) in [7, 11) is 0. The lowest BCUT2D eigenvalue weighted by Gasteiger charge is -2.32. The van der Waals surface area contributed by atoms with E-state index in [-0.39, 0.29) is 6.61 Å². The second kappa shape index (κ2) is 6.24. The van der Waals surface area contributed by atoms with Crippen LogP contribution in [0.3, 0.4) is 0 Å². The van der Waals surface area contributed by atoms with Crippen LogP contribution in [0.25, 0.3) is 0 Å². The summed E-state index contributed by atoms with van der Waals surface area (Å²) in [6.45, 7) is 4.80. The first-order valence-corrected chi connectivity index (χ1v) is 7.04. The number of benzene rings is 1. The van der Waals surface area contributed by atoms with Gasteiger partial charge in [0.25, 0.3) is 0 Å². The van der Waals surface area contributed by atoms with Gasteiger partial charge in [-0.25, -0.2) is 0 Å². The van der Waals surface area contributed by atoms with Crippen molar-refractivity contribution in [3.8, 4) is 5.75 Å². The molecule has 0 aliphatic heterocycles. The van der Waals surface area contributed by atoms with Crippen molar-refractivity contribution in [1.82, 2.24) is 0 Å². The topological polar surface area (TPSA) is 29.5 Å². The normalized spacial score (nSPS) is 28.1. The first kappa shape index (κ1) is 13.4. The summed E-state index contributed by atoms with van der Waals surface area (Å²) in [6.07, 6.45) is 4.63. The molecule has 0 aromatic heterocycles. The van der Waals surface area contributed by atoms with Gasteiger partial charge in [-0.1, -0.05) is 32.0 Å². The first-order valence-electron chi connectivity index (χ1n) is 7.04. The molecule has 1 aromatic carbocycles. The van der Waals surface area contributed by atoms with Gasteiger partial charge in [-0.15, -0.1) is 0 Å². The van der Waals surface area contributed by atoms with Crippen molar-refractivity contribution in [2.75, 3.05) is 6.61 Å². The molecule has 0 heterocycles. The highest BCUT2D eigenvalue weighted by Crippen LogP contribution is 2.32. The van der Waals surface area contributed by atoms with Crippen LogP contribution in [0.2, 0.25) is 0 Å². The van der Waals surface area contributed by atoms with Crippen LogP contribution in [-0.2, 0) is 6.42 Å². The van der Waals surface area contributed by atoms with Gasteiger partial charge in [0.15, 0.2) is 0 Å². The van der Waals surface area contributed by atoms with Crippen molar-refractivity contribution in [2.24, 2.45) is 11.8 Å². The Morgan fingerprint density at radius 2 is 1.78 bits per heavy atom. The molecule has 2 nitrogen and oxygen atoms in total. The van der Waals surface area contributed by atoms with E-state index < -0.39 is 0 Å². The Morgan fingerprint density at radius 3 is 2.44 bits per heavy atom. The molecule has 2 atom stereocenters. The molecular formula is C16H24O2. The maximum absolute atomic E-state index is 9.08. The monoisotopic (exact) mass is 248 g/mol. The van der Waals surface area contributed by atoms with Crippen LogP contribution in [0.5, 0.6) is 5.75 Å². The van der Waals surface area contributed by atoms with Crippen molar-refractivity contribution < 1.29 is 9.84 Å². The lowest BCUT2D eigenvalue weighted by molar-refractivity contribution is 0.0997. The third-order valence-corrected chi connectivity index (χ3v) is 3.78. The first-order chi connectivity index (χ1) is 8.69. The molecule has 1 fully saturated rings. The van der Waals surface area contributed by atoms with E-state index in [0.717, 1.165) is 36.0 Å². The zero-order valence-corrected chi connectivity index (χ0v) is 11.4. The third-order valence-electron chi connectivity index (χ3n) is 3.78. The summed E-state index contributed by atoms with van der Waals surface area (Å²) in [5, 5.41) is 9.08. The molecule has 1 N–H and O–H groups in total. The molecule has 1 aromatic rings.